The van der Waals surface area contributed by atoms with Gasteiger partial charge >= 0.3 is 0 Å². The molecule has 15 heavy (non-hydrogen) atoms. The molecule has 0 aromatic carbocycles. The minimum Gasteiger partial charge on any atom is -0.495 e. The SMILES string of the molecule is C(=COCC1CO1)OC=COCC1CO1. The van der Waals surface area contributed by atoms with Gasteiger partial charge in [0.05, 0.1) is 13.2 Å². The van der Waals surface area contributed by atoms with E-state index in [9.17, 15) is 0 Å². The molecule has 0 aromatic heterocycles. The van der Waals surface area contributed by atoms with Crippen molar-refractivity contribution >= 4 is 0 Å². The lowest BCUT2D eigenvalue weighted by Gasteiger charge is -1.96. The van der Waals surface area contributed by atoms with Crippen LogP contribution in [0.25, 0.3) is 0 Å². The Balaban J connectivity index is 1.38. The van der Waals surface area contributed by atoms with Gasteiger partial charge in [0.15, 0.2) is 0 Å². The Labute approximate surface area is 88.2 Å². The summed E-state index contributed by atoms with van der Waals surface area (Å²) in [4.78, 5) is 0. The van der Waals surface area contributed by atoms with Crippen molar-refractivity contribution < 1.29 is 23.7 Å². The first kappa shape index (κ1) is 10.3. The number of epoxide rings is 2. The Morgan fingerprint density at radius 1 is 0.867 bits per heavy atom. The molecule has 0 radical (unpaired) electrons. The summed E-state index contributed by atoms with van der Waals surface area (Å²) in [5.74, 6) is 0. The summed E-state index contributed by atoms with van der Waals surface area (Å²) >= 11 is 0. The van der Waals surface area contributed by atoms with Crippen molar-refractivity contribution in [1.29, 1.82) is 0 Å². The third-order valence-corrected chi connectivity index (χ3v) is 1.83. The molecule has 5 heteroatoms. The van der Waals surface area contributed by atoms with Gasteiger partial charge < -0.3 is 23.7 Å². The molecule has 2 saturated heterocycles. The second-order valence-electron chi connectivity index (χ2n) is 3.26. The van der Waals surface area contributed by atoms with Crippen LogP contribution in [0.15, 0.2) is 25.0 Å². The standard InChI is InChI=1S/C10H14O5/c1(3-12-5-9-7-14-9)11-2-4-13-6-10-8-15-10/h1-4,9-10H,5-8H2. The van der Waals surface area contributed by atoms with Crippen LogP contribution >= 0.6 is 0 Å². The largest absolute Gasteiger partial charge is 0.495 e. The van der Waals surface area contributed by atoms with Gasteiger partial charge in [0.25, 0.3) is 0 Å². The van der Waals surface area contributed by atoms with Crippen molar-refractivity contribution in [3.8, 4) is 0 Å². The molecule has 0 N–H and O–H groups in total. The van der Waals surface area contributed by atoms with Crippen LogP contribution in [0.2, 0.25) is 0 Å². The molecule has 2 rings (SSSR count). The van der Waals surface area contributed by atoms with E-state index >= 15 is 0 Å². The maximum atomic E-state index is 5.09. The van der Waals surface area contributed by atoms with Gasteiger partial charge in [-0.2, -0.15) is 0 Å². The molecule has 84 valence electrons. The maximum Gasteiger partial charge on any atom is 0.125 e. The van der Waals surface area contributed by atoms with Gasteiger partial charge in [-0.3, -0.25) is 0 Å². The fraction of sp³-hybridized carbons (Fsp3) is 0.600. The average Bonchev–Trinajstić information content (AvgIpc) is 3.10. The maximum absolute atomic E-state index is 5.09. The highest BCUT2D eigenvalue weighted by Crippen LogP contribution is 2.09. The Morgan fingerprint density at radius 3 is 1.73 bits per heavy atom. The second kappa shape index (κ2) is 5.63. The Kier molecular flexibility index (Phi) is 3.87. The van der Waals surface area contributed by atoms with Crippen molar-refractivity contribution in [2.45, 2.75) is 12.2 Å². The molecule has 0 aliphatic carbocycles. The van der Waals surface area contributed by atoms with Crippen molar-refractivity contribution in [2.24, 2.45) is 0 Å². The number of ether oxygens (including phenoxy) is 5. The quantitative estimate of drug-likeness (QED) is 0.441. The summed E-state index contributed by atoms with van der Waals surface area (Å²) in [6, 6.07) is 0. The van der Waals surface area contributed by atoms with Crippen LogP contribution in [0.5, 0.6) is 0 Å². The molecule has 0 aromatic rings. The van der Waals surface area contributed by atoms with Gasteiger partial charge in [-0.05, 0) is 0 Å². The van der Waals surface area contributed by atoms with Gasteiger partial charge in [-0.1, -0.05) is 0 Å². The highest BCUT2D eigenvalue weighted by atomic mass is 16.6. The summed E-state index contributed by atoms with van der Waals surface area (Å²) in [7, 11) is 0. The summed E-state index contributed by atoms with van der Waals surface area (Å²) in [6.45, 7) is 2.76. The van der Waals surface area contributed by atoms with Gasteiger partial charge in [0, 0.05) is 0 Å². The molecule has 2 atom stereocenters. The highest BCUT2D eigenvalue weighted by Gasteiger charge is 2.22. The fourth-order valence-electron chi connectivity index (χ4n) is 0.842. The fourth-order valence-corrected chi connectivity index (χ4v) is 0.842. The molecular formula is C10H14O5. The van der Waals surface area contributed by atoms with Gasteiger partial charge in [-0.25, -0.2) is 0 Å². The zero-order chi connectivity index (χ0) is 10.3. The van der Waals surface area contributed by atoms with Crippen molar-refractivity contribution in [2.75, 3.05) is 26.4 Å². The van der Waals surface area contributed by atoms with Crippen LogP contribution < -0.4 is 0 Å². The van der Waals surface area contributed by atoms with Crippen LogP contribution in [0.1, 0.15) is 0 Å². The molecule has 2 unspecified atom stereocenters. The first-order chi connectivity index (χ1) is 7.45. The average molecular weight is 214 g/mol. The van der Waals surface area contributed by atoms with Crippen molar-refractivity contribution in [1.82, 2.24) is 0 Å². The number of rotatable bonds is 8. The molecule has 5 nitrogen and oxygen atoms in total. The third kappa shape index (κ3) is 5.29. The summed E-state index contributed by atoms with van der Waals surface area (Å²) in [6.07, 6.45) is 6.39. The first-order valence-corrected chi connectivity index (χ1v) is 4.87. The molecule has 2 aliphatic rings. The van der Waals surface area contributed by atoms with Crippen LogP contribution in [0.4, 0.5) is 0 Å². The summed E-state index contributed by atoms with van der Waals surface area (Å²) in [5, 5.41) is 0. The van der Waals surface area contributed by atoms with Gasteiger partial charge in [-0.15, -0.1) is 0 Å². The summed E-state index contributed by atoms with van der Waals surface area (Å²) < 4.78 is 25.0. The van der Waals surface area contributed by atoms with E-state index in [0.717, 1.165) is 13.2 Å². The Hall–Kier alpha value is -1.20. The first-order valence-electron chi connectivity index (χ1n) is 4.87. The highest BCUT2D eigenvalue weighted by molar-refractivity contribution is 4.74. The molecule has 0 spiro atoms. The second-order valence-corrected chi connectivity index (χ2v) is 3.26. The van der Waals surface area contributed by atoms with E-state index in [4.69, 9.17) is 23.7 Å². The normalized spacial score (nSPS) is 28.3. The monoisotopic (exact) mass is 214 g/mol. The van der Waals surface area contributed by atoms with E-state index in [0.29, 0.717) is 13.2 Å². The van der Waals surface area contributed by atoms with Gasteiger partial charge in [0.1, 0.15) is 50.5 Å². The number of hydrogen-bond donors (Lipinski definition) is 0. The lowest BCUT2D eigenvalue weighted by molar-refractivity contribution is 0.194. The van der Waals surface area contributed by atoms with E-state index in [1.807, 2.05) is 0 Å². The predicted octanol–water partition coefficient (Wildman–Crippen LogP) is 0.776. The number of hydrogen-bond acceptors (Lipinski definition) is 5. The summed E-state index contributed by atoms with van der Waals surface area (Å²) in [5.41, 5.74) is 0. The van der Waals surface area contributed by atoms with Crippen LogP contribution in [0.3, 0.4) is 0 Å². The van der Waals surface area contributed by atoms with E-state index in [1.165, 1.54) is 25.0 Å². The Morgan fingerprint density at radius 2 is 1.33 bits per heavy atom. The van der Waals surface area contributed by atoms with E-state index in [-0.39, 0.29) is 12.2 Å². The Bertz CT molecular complexity index is 206. The van der Waals surface area contributed by atoms with Crippen molar-refractivity contribution in [3.63, 3.8) is 0 Å². The van der Waals surface area contributed by atoms with Crippen LogP contribution in [0, 0.1) is 0 Å². The molecule has 2 aliphatic heterocycles. The lowest BCUT2D eigenvalue weighted by Crippen LogP contribution is -1.95. The minimum absolute atomic E-state index is 0.270. The van der Waals surface area contributed by atoms with Crippen LogP contribution in [-0.2, 0) is 23.7 Å². The lowest BCUT2D eigenvalue weighted by atomic mass is 10.5. The molecule has 2 heterocycles. The molecule has 0 amide bonds. The van der Waals surface area contributed by atoms with E-state index in [2.05, 4.69) is 0 Å². The third-order valence-electron chi connectivity index (χ3n) is 1.83. The zero-order valence-corrected chi connectivity index (χ0v) is 8.33. The molecular weight excluding hydrogens is 200 g/mol. The smallest absolute Gasteiger partial charge is 0.125 e. The minimum atomic E-state index is 0.270. The molecule has 0 bridgehead atoms. The van der Waals surface area contributed by atoms with E-state index in [1.54, 1.807) is 0 Å². The van der Waals surface area contributed by atoms with Gasteiger partial charge in [0.2, 0.25) is 0 Å². The van der Waals surface area contributed by atoms with Crippen LogP contribution in [-0.4, -0.2) is 38.6 Å². The topological polar surface area (TPSA) is 52.8 Å². The molecule has 0 saturated carbocycles. The van der Waals surface area contributed by atoms with Crippen molar-refractivity contribution in [3.05, 3.63) is 25.0 Å². The predicted molar refractivity (Wildman–Crippen MR) is 50.7 cm³/mol. The van der Waals surface area contributed by atoms with E-state index < -0.39 is 0 Å². The zero-order valence-electron chi connectivity index (χ0n) is 8.33. The molecule has 2 fully saturated rings.